The summed E-state index contributed by atoms with van der Waals surface area (Å²) >= 11 is 1.88. The summed E-state index contributed by atoms with van der Waals surface area (Å²) in [6, 6.07) is 3.38. The van der Waals surface area contributed by atoms with Crippen LogP contribution in [0.15, 0.2) is 18.3 Å². The molecule has 1 saturated carbocycles. The van der Waals surface area contributed by atoms with Crippen LogP contribution in [0.2, 0.25) is 0 Å². The summed E-state index contributed by atoms with van der Waals surface area (Å²) in [5.41, 5.74) is 0.0591. The molecule has 1 heterocycles. The van der Waals surface area contributed by atoms with E-state index in [1.54, 1.807) is 12.3 Å². The lowest BCUT2D eigenvalue weighted by Gasteiger charge is -2.28. The van der Waals surface area contributed by atoms with Crippen LogP contribution in [0.3, 0.4) is 0 Å². The van der Waals surface area contributed by atoms with Crippen LogP contribution in [0.4, 0.5) is 11.5 Å². The van der Waals surface area contributed by atoms with E-state index in [4.69, 9.17) is 0 Å². The van der Waals surface area contributed by atoms with Crippen LogP contribution >= 0.6 is 11.8 Å². The Bertz CT molecular complexity index is 428. The number of pyridine rings is 1. The number of nitrogens with zero attached hydrogens (tertiary/aromatic N) is 2. The molecule has 0 radical (unpaired) electrons. The van der Waals surface area contributed by atoms with E-state index in [0.29, 0.717) is 17.1 Å². The lowest BCUT2D eigenvalue weighted by Crippen LogP contribution is -2.29. The second-order valence-electron chi connectivity index (χ2n) is 4.49. The standard InChI is InChI=1S/C12H17N3O2S/c1-18-10-5-2-4-9(8-10)14-12-11(15(16)17)6-3-7-13-12/h3,6-7,9-10H,2,4-5,8H2,1H3,(H,13,14). The smallest absolute Gasteiger partial charge is 0.311 e. The summed E-state index contributed by atoms with van der Waals surface area (Å²) in [5, 5.41) is 14.8. The van der Waals surface area contributed by atoms with E-state index >= 15 is 0 Å². The third-order valence-corrected chi connectivity index (χ3v) is 4.38. The van der Waals surface area contributed by atoms with Crippen molar-refractivity contribution < 1.29 is 4.92 Å². The SMILES string of the molecule is CSC1CCCC(Nc2ncccc2[N+](=O)[O-])C1. The number of nitrogens with one attached hydrogen (secondary N) is 1. The van der Waals surface area contributed by atoms with E-state index < -0.39 is 0 Å². The van der Waals surface area contributed by atoms with Crippen molar-refractivity contribution in [3.63, 3.8) is 0 Å². The number of aromatic nitrogens is 1. The van der Waals surface area contributed by atoms with Crippen molar-refractivity contribution in [2.75, 3.05) is 11.6 Å². The summed E-state index contributed by atoms with van der Waals surface area (Å²) in [4.78, 5) is 14.6. The highest BCUT2D eigenvalue weighted by atomic mass is 32.2. The first-order valence-electron chi connectivity index (χ1n) is 6.09. The van der Waals surface area contributed by atoms with Crippen LogP contribution in [0.1, 0.15) is 25.7 Å². The first-order chi connectivity index (χ1) is 8.70. The van der Waals surface area contributed by atoms with Crippen molar-refractivity contribution in [2.24, 2.45) is 0 Å². The molecular weight excluding hydrogens is 250 g/mol. The van der Waals surface area contributed by atoms with Crippen LogP contribution in [-0.4, -0.2) is 27.5 Å². The molecule has 1 aliphatic carbocycles. The van der Waals surface area contributed by atoms with Gasteiger partial charge < -0.3 is 5.32 Å². The number of nitro groups is 1. The molecule has 0 spiro atoms. The molecule has 1 fully saturated rings. The predicted molar refractivity (Wildman–Crippen MR) is 74.1 cm³/mol. The van der Waals surface area contributed by atoms with Gasteiger partial charge in [0.15, 0.2) is 0 Å². The molecule has 0 saturated heterocycles. The van der Waals surface area contributed by atoms with Gasteiger partial charge in [-0.1, -0.05) is 6.42 Å². The van der Waals surface area contributed by atoms with Crippen LogP contribution in [-0.2, 0) is 0 Å². The number of rotatable bonds is 4. The average molecular weight is 267 g/mol. The quantitative estimate of drug-likeness (QED) is 0.670. The molecule has 1 N–H and O–H groups in total. The molecule has 18 heavy (non-hydrogen) atoms. The number of hydrogen-bond donors (Lipinski definition) is 1. The molecule has 5 nitrogen and oxygen atoms in total. The molecule has 1 aliphatic rings. The maximum absolute atomic E-state index is 10.9. The van der Waals surface area contributed by atoms with E-state index in [9.17, 15) is 10.1 Å². The van der Waals surface area contributed by atoms with Crippen molar-refractivity contribution in [1.82, 2.24) is 4.98 Å². The highest BCUT2D eigenvalue weighted by Crippen LogP contribution is 2.30. The highest BCUT2D eigenvalue weighted by Gasteiger charge is 2.24. The Morgan fingerprint density at radius 1 is 1.56 bits per heavy atom. The highest BCUT2D eigenvalue weighted by molar-refractivity contribution is 7.99. The van der Waals surface area contributed by atoms with Gasteiger partial charge in [-0.05, 0) is 31.6 Å². The first kappa shape index (κ1) is 13.1. The fraction of sp³-hybridized carbons (Fsp3) is 0.583. The second-order valence-corrected chi connectivity index (χ2v) is 5.63. The van der Waals surface area contributed by atoms with E-state index in [2.05, 4.69) is 16.6 Å². The van der Waals surface area contributed by atoms with Gasteiger partial charge in [-0.25, -0.2) is 4.98 Å². The molecule has 1 aromatic rings. The van der Waals surface area contributed by atoms with Gasteiger partial charge in [-0.15, -0.1) is 0 Å². The minimum atomic E-state index is -0.385. The zero-order chi connectivity index (χ0) is 13.0. The molecule has 0 amide bonds. The Balaban J connectivity index is 2.07. The van der Waals surface area contributed by atoms with Gasteiger partial charge in [0.25, 0.3) is 0 Å². The molecule has 98 valence electrons. The molecule has 0 aliphatic heterocycles. The van der Waals surface area contributed by atoms with Gasteiger partial charge in [0.05, 0.1) is 4.92 Å². The summed E-state index contributed by atoms with van der Waals surface area (Å²) in [5.74, 6) is 0.397. The van der Waals surface area contributed by atoms with Crippen molar-refractivity contribution in [2.45, 2.75) is 37.0 Å². The van der Waals surface area contributed by atoms with E-state index in [-0.39, 0.29) is 10.6 Å². The number of anilines is 1. The van der Waals surface area contributed by atoms with Gasteiger partial charge in [0, 0.05) is 23.6 Å². The normalized spacial score (nSPS) is 23.6. The number of hydrogen-bond acceptors (Lipinski definition) is 5. The monoisotopic (exact) mass is 267 g/mol. The Labute approximate surface area is 111 Å². The van der Waals surface area contributed by atoms with Gasteiger partial charge >= 0.3 is 5.69 Å². The predicted octanol–water partition coefficient (Wildman–Crippen LogP) is 3.08. The van der Waals surface area contributed by atoms with Crippen molar-refractivity contribution in [3.05, 3.63) is 28.4 Å². The Hall–Kier alpha value is -1.30. The molecule has 0 aromatic carbocycles. The third kappa shape index (κ3) is 3.13. The Morgan fingerprint density at radius 3 is 3.11 bits per heavy atom. The van der Waals surface area contributed by atoms with Crippen molar-refractivity contribution in [1.29, 1.82) is 0 Å². The summed E-state index contributed by atoms with van der Waals surface area (Å²) < 4.78 is 0. The topological polar surface area (TPSA) is 68.1 Å². The summed E-state index contributed by atoms with van der Waals surface area (Å²) in [7, 11) is 0. The van der Waals surface area contributed by atoms with Gasteiger partial charge in [0.2, 0.25) is 5.82 Å². The fourth-order valence-electron chi connectivity index (χ4n) is 2.34. The largest absolute Gasteiger partial charge is 0.362 e. The third-order valence-electron chi connectivity index (χ3n) is 3.28. The molecule has 2 rings (SSSR count). The maximum Gasteiger partial charge on any atom is 0.311 e. The zero-order valence-electron chi connectivity index (χ0n) is 10.3. The van der Waals surface area contributed by atoms with Crippen LogP contribution < -0.4 is 5.32 Å². The van der Waals surface area contributed by atoms with Gasteiger partial charge in [-0.2, -0.15) is 11.8 Å². The van der Waals surface area contributed by atoms with Crippen molar-refractivity contribution >= 4 is 23.3 Å². The minimum absolute atomic E-state index is 0.0591. The van der Waals surface area contributed by atoms with Crippen LogP contribution in [0.5, 0.6) is 0 Å². The maximum atomic E-state index is 10.9. The lowest BCUT2D eigenvalue weighted by atomic mass is 9.95. The zero-order valence-corrected chi connectivity index (χ0v) is 11.2. The molecule has 0 bridgehead atoms. The van der Waals surface area contributed by atoms with E-state index in [1.807, 2.05) is 11.8 Å². The first-order valence-corrected chi connectivity index (χ1v) is 7.38. The molecule has 1 aromatic heterocycles. The summed E-state index contributed by atoms with van der Waals surface area (Å²) in [6.45, 7) is 0. The Morgan fingerprint density at radius 2 is 2.39 bits per heavy atom. The van der Waals surface area contributed by atoms with Gasteiger partial charge in [-0.3, -0.25) is 10.1 Å². The van der Waals surface area contributed by atoms with E-state index in [0.717, 1.165) is 12.8 Å². The number of thioether (sulfide) groups is 1. The minimum Gasteiger partial charge on any atom is -0.362 e. The summed E-state index contributed by atoms with van der Waals surface area (Å²) in [6.07, 6.45) is 8.23. The fourth-order valence-corrected chi connectivity index (χ4v) is 3.17. The molecule has 2 atom stereocenters. The van der Waals surface area contributed by atoms with Crippen LogP contribution in [0, 0.1) is 10.1 Å². The second kappa shape index (κ2) is 6.04. The molecular formula is C12H17N3O2S. The molecule has 6 heteroatoms. The molecule has 2 unspecified atom stereocenters. The van der Waals surface area contributed by atoms with E-state index in [1.165, 1.54) is 18.9 Å². The van der Waals surface area contributed by atoms with Crippen molar-refractivity contribution in [3.8, 4) is 0 Å². The Kier molecular flexibility index (Phi) is 4.41. The van der Waals surface area contributed by atoms with Crippen LogP contribution in [0.25, 0.3) is 0 Å². The van der Waals surface area contributed by atoms with Gasteiger partial charge in [0.1, 0.15) is 0 Å². The lowest BCUT2D eigenvalue weighted by molar-refractivity contribution is -0.384. The average Bonchev–Trinajstić information content (AvgIpc) is 2.39.